The number of nitrogens with one attached hydrogen (secondary N) is 1. The van der Waals surface area contributed by atoms with Crippen molar-refractivity contribution in [1.29, 1.82) is 0 Å². The van der Waals surface area contributed by atoms with Crippen LogP contribution in [0, 0.1) is 0 Å². The minimum atomic E-state index is -2.94. The first kappa shape index (κ1) is 8.40. The van der Waals surface area contributed by atoms with E-state index in [2.05, 4.69) is 5.09 Å². The van der Waals surface area contributed by atoms with E-state index in [9.17, 15) is 8.77 Å². The molecule has 1 N–H and O–H groups in total. The van der Waals surface area contributed by atoms with Crippen LogP contribution in [0.1, 0.15) is 6.92 Å². The van der Waals surface area contributed by atoms with Gasteiger partial charge in [0.2, 0.25) is 0 Å². The van der Waals surface area contributed by atoms with Crippen molar-refractivity contribution < 1.29 is 13.3 Å². The minimum absolute atomic E-state index is 0.343. The Labute approximate surface area is 62.0 Å². The van der Waals surface area contributed by atoms with Crippen molar-refractivity contribution in [3.8, 4) is 0 Å². The Balaban J connectivity index is 2.67. The van der Waals surface area contributed by atoms with Crippen LogP contribution in [0.3, 0.4) is 0 Å². The van der Waals surface area contributed by atoms with Crippen molar-refractivity contribution in [1.82, 2.24) is 5.09 Å². The Morgan fingerprint density at radius 2 is 2.50 bits per heavy atom. The largest absolute Gasteiger partial charge is 0.355 e. The van der Waals surface area contributed by atoms with E-state index in [1.165, 1.54) is 0 Å². The molecule has 1 rings (SSSR count). The normalized spacial score (nSPS) is 40.3. The van der Waals surface area contributed by atoms with Crippen molar-refractivity contribution in [3.63, 3.8) is 0 Å². The van der Waals surface area contributed by atoms with E-state index < -0.39 is 17.1 Å². The molecule has 0 radical (unpaired) electrons. The molecule has 0 bridgehead atoms. The molecule has 10 heavy (non-hydrogen) atoms. The van der Waals surface area contributed by atoms with E-state index in [-0.39, 0.29) is 0 Å². The van der Waals surface area contributed by atoms with Crippen LogP contribution in [-0.2, 0) is 19.5 Å². The van der Waals surface area contributed by atoms with E-state index in [4.69, 9.17) is 4.52 Å². The molecule has 1 aliphatic rings. The van der Waals surface area contributed by atoms with Crippen LogP contribution in [0.2, 0.25) is 0 Å². The van der Waals surface area contributed by atoms with Crippen molar-refractivity contribution in [2.45, 2.75) is 6.92 Å². The summed E-state index contributed by atoms with van der Waals surface area (Å²) in [7, 11) is -1.30. The van der Waals surface area contributed by atoms with Crippen molar-refractivity contribution in [2.24, 2.45) is 0 Å². The molecule has 2 atom stereocenters. The molecule has 1 heterocycles. The summed E-state index contributed by atoms with van der Waals surface area (Å²) in [6, 6.07) is 0. The summed E-state index contributed by atoms with van der Waals surface area (Å²) >= 11 is 0. The highest BCUT2D eigenvalue weighted by atomic mass is 32.8. The van der Waals surface area contributed by atoms with E-state index >= 15 is 0 Å². The van der Waals surface area contributed by atoms with Crippen LogP contribution in [0.15, 0.2) is 0 Å². The summed E-state index contributed by atoms with van der Waals surface area (Å²) in [5.74, 6) is 0.442. The van der Waals surface area contributed by atoms with Crippen molar-refractivity contribution in [2.75, 3.05) is 18.9 Å². The predicted molar refractivity (Wildman–Crippen MR) is 40.2 cm³/mol. The fourth-order valence-electron chi connectivity index (χ4n) is 0.736. The third-order valence-corrected chi connectivity index (χ3v) is 6.31. The second-order valence-corrected chi connectivity index (χ2v) is 7.13. The van der Waals surface area contributed by atoms with Gasteiger partial charge in [-0.3, -0.25) is 4.57 Å². The van der Waals surface area contributed by atoms with Crippen LogP contribution in [0.5, 0.6) is 0 Å². The van der Waals surface area contributed by atoms with E-state index in [0.29, 0.717) is 18.9 Å². The Kier molecular flexibility index (Phi) is 2.63. The maximum Gasteiger partial charge on any atom is 0.355 e. The Morgan fingerprint density at radius 3 is 2.90 bits per heavy atom. The molecule has 2 unspecified atom stereocenters. The molecule has 1 saturated heterocycles. The summed E-state index contributed by atoms with van der Waals surface area (Å²) in [5.41, 5.74) is 0. The highest BCUT2D eigenvalue weighted by Crippen LogP contribution is 2.49. The highest BCUT2D eigenvalue weighted by Gasteiger charge is 2.35. The molecule has 0 amide bonds. The number of hydrogen-bond donors (Lipinski definition) is 1. The molecule has 60 valence electrons. The van der Waals surface area contributed by atoms with Crippen LogP contribution >= 0.6 is 6.72 Å². The minimum Gasteiger partial charge on any atom is -0.309 e. The van der Waals surface area contributed by atoms with Crippen LogP contribution < -0.4 is 5.09 Å². The molecule has 0 aromatic carbocycles. The number of hydrogen-bond acceptors (Lipinski definition) is 3. The molecule has 4 nitrogen and oxygen atoms in total. The zero-order chi connectivity index (χ0) is 7.61. The van der Waals surface area contributed by atoms with E-state index in [1.54, 1.807) is 6.92 Å². The first-order valence-corrected chi connectivity index (χ1v) is 6.62. The molecule has 0 aromatic heterocycles. The molecular weight excluding hydrogens is 173 g/mol. The van der Waals surface area contributed by atoms with Gasteiger partial charge in [0.05, 0.1) is 6.61 Å². The fraction of sp³-hybridized carbons (Fsp3) is 1.00. The number of rotatable bonds is 2. The first-order chi connectivity index (χ1) is 4.69. The first-order valence-electron chi connectivity index (χ1n) is 3.08. The molecule has 0 saturated carbocycles. The van der Waals surface area contributed by atoms with E-state index in [1.807, 2.05) is 0 Å². The quantitative estimate of drug-likeness (QED) is 0.633. The smallest absolute Gasteiger partial charge is 0.309 e. The molecule has 0 aromatic rings. The van der Waals surface area contributed by atoms with Crippen molar-refractivity contribution >= 4 is 17.1 Å². The molecule has 6 heteroatoms. The fourth-order valence-corrected chi connectivity index (χ4v) is 4.85. The standard InChI is InChI=1S/C4H10NO3PS/c1-2-8-9(6)5-3-4-10(9)7/h2-4H2,1H3,(H,5,6). The monoisotopic (exact) mass is 183 g/mol. The van der Waals surface area contributed by atoms with Gasteiger partial charge in [-0.25, -0.2) is 9.30 Å². The van der Waals surface area contributed by atoms with Gasteiger partial charge in [0.25, 0.3) is 0 Å². The SMILES string of the molecule is CCOP1(=O)NCCS1=O. The second-order valence-electron chi connectivity index (χ2n) is 1.85. The summed E-state index contributed by atoms with van der Waals surface area (Å²) < 4.78 is 27.1. The average Bonchev–Trinajstić information content (AvgIpc) is 2.15. The van der Waals surface area contributed by atoms with Gasteiger partial charge in [-0.15, -0.1) is 0 Å². The van der Waals surface area contributed by atoms with Gasteiger partial charge >= 0.3 is 6.72 Å². The Bertz CT molecular complexity index is 195. The zero-order valence-corrected chi connectivity index (χ0v) is 7.41. The van der Waals surface area contributed by atoms with Crippen LogP contribution in [-0.4, -0.2) is 23.1 Å². The van der Waals surface area contributed by atoms with Crippen molar-refractivity contribution in [3.05, 3.63) is 0 Å². The van der Waals surface area contributed by atoms with Crippen LogP contribution in [0.4, 0.5) is 0 Å². The third kappa shape index (κ3) is 1.48. The van der Waals surface area contributed by atoms with Gasteiger partial charge in [-0.2, -0.15) is 0 Å². The maximum absolute atomic E-state index is 11.3. The lowest BCUT2D eigenvalue weighted by molar-refractivity contribution is 0.339. The Hall–Kier alpha value is 0.300. The maximum atomic E-state index is 11.3. The van der Waals surface area contributed by atoms with E-state index in [0.717, 1.165) is 0 Å². The van der Waals surface area contributed by atoms with Gasteiger partial charge in [-0.1, -0.05) is 0 Å². The molecule has 1 fully saturated rings. The lowest BCUT2D eigenvalue weighted by atomic mass is 10.8. The average molecular weight is 183 g/mol. The summed E-state index contributed by atoms with van der Waals surface area (Å²) in [4.78, 5) is 0. The summed E-state index contributed by atoms with van der Waals surface area (Å²) in [6.07, 6.45) is 0. The summed E-state index contributed by atoms with van der Waals surface area (Å²) in [6.45, 7) is -0.331. The lowest BCUT2D eigenvalue weighted by Crippen LogP contribution is -2.05. The van der Waals surface area contributed by atoms with Gasteiger partial charge in [-0.05, 0) is 6.92 Å². The zero-order valence-electron chi connectivity index (χ0n) is 5.70. The molecule has 1 aliphatic heterocycles. The van der Waals surface area contributed by atoms with Gasteiger partial charge in [0.1, 0.15) is 10.4 Å². The molecular formula is C4H10NO3PS. The van der Waals surface area contributed by atoms with Crippen LogP contribution in [0.25, 0.3) is 0 Å². The van der Waals surface area contributed by atoms with Gasteiger partial charge < -0.3 is 4.52 Å². The summed E-state index contributed by atoms with van der Waals surface area (Å²) in [5, 5.41) is 2.62. The second kappa shape index (κ2) is 3.13. The highest BCUT2D eigenvalue weighted by molar-refractivity contribution is 8.47. The Morgan fingerprint density at radius 1 is 1.80 bits per heavy atom. The predicted octanol–water partition coefficient (Wildman–Crippen LogP) is 0.483. The lowest BCUT2D eigenvalue weighted by Gasteiger charge is -2.07. The topological polar surface area (TPSA) is 55.4 Å². The van der Waals surface area contributed by atoms with Gasteiger partial charge in [0.15, 0.2) is 0 Å². The molecule has 0 spiro atoms. The molecule has 0 aliphatic carbocycles. The third-order valence-electron chi connectivity index (χ3n) is 1.15. The van der Waals surface area contributed by atoms with Gasteiger partial charge in [0, 0.05) is 12.3 Å².